The molecule has 0 aliphatic carbocycles. The smallest absolute Gasteiger partial charge is 0.273 e. The topological polar surface area (TPSA) is 89.8 Å². The second-order valence-corrected chi connectivity index (χ2v) is 6.18. The molecule has 1 aliphatic rings. The maximum Gasteiger partial charge on any atom is 0.273 e. The van der Waals surface area contributed by atoms with Crippen LogP contribution >= 0.6 is 0 Å². The van der Waals surface area contributed by atoms with E-state index in [4.69, 9.17) is 4.74 Å². The van der Waals surface area contributed by atoms with E-state index in [1.807, 2.05) is 13.8 Å². The number of nitro groups is 1. The number of carbonyl (C=O) groups is 2. The lowest BCUT2D eigenvalue weighted by atomic mass is 10.1. The molecule has 0 fully saturated rings. The van der Waals surface area contributed by atoms with Gasteiger partial charge in [-0.05, 0) is 30.2 Å². The number of rotatable bonds is 5. The molecular weight excluding hydrogens is 324 g/mol. The Balaban J connectivity index is 1.87. The number of nitrogens with zero attached hydrogens (tertiary/aromatic N) is 2. The van der Waals surface area contributed by atoms with Crippen molar-refractivity contribution < 1.29 is 19.2 Å². The molecule has 1 aliphatic heterocycles. The number of carbonyl (C=O) groups excluding carboxylic acids is 2. The Bertz CT molecular complexity index is 876. The Morgan fingerprint density at radius 1 is 1.04 bits per heavy atom. The van der Waals surface area contributed by atoms with Gasteiger partial charge in [-0.3, -0.25) is 24.6 Å². The lowest BCUT2D eigenvalue weighted by Gasteiger charge is -2.15. The van der Waals surface area contributed by atoms with Crippen LogP contribution in [0, 0.1) is 16.0 Å². The molecule has 0 aromatic heterocycles. The van der Waals surface area contributed by atoms with Gasteiger partial charge in [0.1, 0.15) is 11.5 Å². The van der Waals surface area contributed by atoms with Crippen molar-refractivity contribution in [3.8, 4) is 11.5 Å². The van der Waals surface area contributed by atoms with Crippen molar-refractivity contribution in [2.75, 3.05) is 6.54 Å². The molecule has 2 aromatic rings. The van der Waals surface area contributed by atoms with Crippen LogP contribution in [0.3, 0.4) is 0 Å². The number of fused-ring (bicyclic) bond motifs is 1. The van der Waals surface area contributed by atoms with Gasteiger partial charge >= 0.3 is 0 Å². The van der Waals surface area contributed by atoms with Gasteiger partial charge in [0, 0.05) is 12.6 Å². The quantitative estimate of drug-likeness (QED) is 0.471. The summed E-state index contributed by atoms with van der Waals surface area (Å²) < 4.78 is 5.61. The molecule has 0 N–H and O–H groups in total. The summed E-state index contributed by atoms with van der Waals surface area (Å²) >= 11 is 0. The molecule has 7 nitrogen and oxygen atoms in total. The molecule has 1 heterocycles. The van der Waals surface area contributed by atoms with Crippen LogP contribution in [-0.4, -0.2) is 28.2 Å². The summed E-state index contributed by atoms with van der Waals surface area (Å²) in [6.45, 7) is 4.22. The summed E-state index contributed by atoms with van der Waals surface area (Å²) in [4.78, 5) is 36.3. The van der Waals surface area contributed by atoms with Crippen LogP contribution in [0.5, 0.6) is 11.5 Å². The Labute approximate surface area is 144 Å². The molecule has 0 atom stereocenters. The molecule has 0 saturated carbocycles. The number of nitro benzene ring substituents is 1. The minimum Gasteiger partial charge on any atom is -0.457 e. The standard InChI is InChI=1S/C18H16N2O5/c1-11(2)10-19-17(21)15-7-6-14(9-16(15)18(19)22)25-13-5-3-4-12(8-13)20(23)24/h3-9,11H,10H2,1-2H3. The van der Waals surface area contributed by atoms with Gasteiger partial charge in [-0.1, -0.05) is 19.9 Å². The first-order valence-corrected chi connectivity index (χ1v) is 7.79. The molecule has 2 aromatic carbocycles. The van der Waals surface area contributed by atoms with E-state index in [1.165, 1.54) is 29.2 Å². The molecule has 128 valence electrons. The Morgan fingerprint density at radius 3 is 2.40 bits per heavy atom. The summed E-state index contributed by atoms with van der Waals surface area (Å²) in [5, 5.41) is 10.8. The first-order chi connectivity index (χ1) is 11.9. The average Bonchev–Trinajstić information content (AvgIpc) is 2.79. The maximum atomic E-state index is 12.5. The summed E-state index contributed by atoms with van der Waals surface area (Å²) in [6, 6.07) is 10.4. The van der Waals surface area contributed by atoms with Crippen molar-refractivity contribution in [2.45, 2.75) is 13.8 Å². The van der Waals surface area contributed by atoms with Crippen LogP contribution in [0.2, 0.25) is 0 Å². The summed E-state index contributed by atoms with van der Waals surface area (Å²) in [5.41, 5.74) is 0.540. The summed E-state index contributed by atoms with van der Waals surface area (Å²) in [5.74, 6) is 0.133. The van der Waals surface area contributed by atoms with Crippen LogP contribution in [-0.2, 0) is 0 Å². The number of ether oxygens (including phenoxy) is 1. The zero-order valence-corrected chi connectivity index (χ0v) is 13.8. The van der Waals surface area contributed by atoms with Gasteiger partial charge in [0.15, 0.2) is 0 Å². The van der Waals surface area contributed by atoms with Crippen LogP contribution in [0.4, 0.5) is 5.69 Å². The van der Waals surface area contributed by atoms with Gasteiger partial charge < -0.3 is 4.74 Å². The van der Waals surface area contributed by atoms with E-state index in [0.29, 0.717) is 17.9 Å². The molecule has 25 heavy (non-hydrogen) atoms. The molecular formula is C18H16N2O5. The van der Waals surface area contributed by atoms with Crippen LogP contribution in [0.15, 0.2) is 42.5 Å². The average molecular weight is 340 g/mol. The van der Waals surface area contributed by atoms with Crippen molar-refractivity contribution in [2.24, 2.45) is 5.92 Å². The van der Waals surface area contributed by atoms with Crippen LogP contribution < -0.4 is 4.74 Å². The maximum absolute atomic E-state index is 12.5. The van der Waals surface area contributed by atoms with Crippen molar-refractivity contribution >= 4 is 17.5 Å². The highest BCUT2D eigenvalue weighted by atomic mass is 16.6. The molecule has 2 amide bonds. The number of imide groups is 1. The molecule has 0 bridgehead atoms. The minimum absolute atomic E-state index is 0.0898. The number of non-ortho nitro benzene ring substituents is 1. The molecule has 7 heteroatoms. The second-order valence-electron chi connectivity index (χ2n) is 6.18. The summed E-state index contributed by atoms with van der Waals surface area (Å²) in [7, 11) is 0. The predicted molar refractivity (Wildman–Crippen MR) is 89.8 cm³/mol. The van der Waals surface area contributed by atoms with Gasteiger partial charge in [-0.15, -0.1) is 0 Å². The third-order valence-corrected chi connectivity index (χ3v) is 3.75. The fourth-order valence-electron chi connectivity index (χ4n) is 2.66. The molecule has 3 rings (SSSR count). The normalized spacial score (nSPS) is 13.3. The van der Waals surface area contributed by atoms with Gasteiger partial charge in [-0.25, -0.2) is 0 Å². The third kappa shape index (κ3) is 3.21. The van der Waals surface area contributed by atoms with E-state index in [-0.39, 0.29) is 34.7 Å². The highest BCUT2D eigenvalue weighted by Crippen LogP contribution is 2.30. The monoisotopic (exact) mass is 340 g/mol. The Hall–Kier alpha value is -3.22. The van der Waals surface area contributed by atoms with Gasteiger partial charge in [0.2, 0.25) is 0 Å². The van der Waals surface area contributed by atoms with Crippen molar-refractivity contribution in [3.63, 3.8) is 0 Å². The fraction of sp³-hybridized carbons (Fsp3) is 0.222. The first kappa shape index (κ1) is 16.6. The van der Waals surface area contributed by atoms with E-state index in [1.54, 1.807) is 18.2 Å². The number of benzene rings is 2. The lowest BCUT2D eigenvalue weighted by Crippen LogP contribution is -2.33. The number of amides is 2. The Morgan fingerprint density at radius 2 is 1.72 bits per heavy atom. The van der Waals surface area contributed by atoms with Gasteiger partial charge in [0.05, 0.1) is 22.1 Å². The lowest BCUT2D eigenvalue weighted by molar-refractivity contribution is -0.384. The molecule has 0 saturated heterocycles. The highest BCUT2D eigenvalue weighted by molar-refractivity contribution is 6.21. The Kier molecular flexibility index (Phi) is 4.22. The molecule has 0 unspecified atom stereocenters. The third-order valence-electron chi connectivity index (χ3n) is 3.75. The largest absolute Gasteiger partial charge is 0.457 e. The van der Waals surface area contributed by atoms with E-state index >= 15 is 0 Å². The van der Waals surface area contributed by atoms with E-state index in [2.05, 4.69) is 0 Å². The highest BCUT2D eigenvalue weighted by Gasteiger charge is 2.35. The SMILES string of the molecule is CC(C)CN1C(=O)c2ccc(Oc3cccc([N+](=O)[O-])c3)cc2C1=O. The van der Waals surface area contributed by atoms with E-state index in [0.717, 1.165) is 0 Å². The van der Waals surface area contributed by atoms with Crippen LogP contribution in [0.25, 0.3) is 0 Å². The second kappa shape index (κ2) is 6.35. The zero-order chi connectivity index (χ0) is 18.1. The minimum atomic E-state index is -0.512. The summed E-state index contributed by atoms with van der Waals surface area (Å²) in [6.07, 6.45) is 0. The van der Waals surface area contributed by atoms with Gasteiger partial charge in [-0.2, -0.15) is 0 Å². The molecule has 0 radical (unpaired) electrons. The van der Waals surface area contributed by atoms with Gasteiger partial charge in [0.25, 0.3) is 17.5 Å². The number of hydrogen-bond donors (Lipinski definition) is 0. The van der Waals surface area contributed by atoms with Crippen molar-refractivity contribution in [3.05, 3.63) is 63.7 Å². The fourth-order valence-corrected chi connectivity index (χ4v) is 2.66. The molecule has 0 spiro atoms. The van der Waals surface area contributed by atoms with E-state index in [9.17, 15) is 19.7 Å². The zero-order valence-electron chi connectivity index (χ0n) is 13.8. The van der Waals surface area contributed by atoms with E-state index < -0.39 is 4.92 Å². The van der Waals surface area contributed by atoms with Crippen molar-refractivity contribution in [1.29, 1.82) is 0 Å². The number of hydrogen-bond acceptors (Lipinski definition) is 5. The van der Waals surface area contributed by atoms with Crippen molar-refractivity contribution in [1.82, 2.24) is 4.90 Å². The predicted octanol–water partition coefficient (Wildman–Crippen LogP) is 3.64. The first-order valence-electron chi connectivity index (χ1n) is 7.79. The van der Waals surface area contributed by atoms with Crippen LogP contribution in [0.1, 0.15) is 34.6 Å².